The van der Waals surface area contributed by atoms with Gasteiger partial charge in [0, 0.05) is 36.7 Å². The van der Waals surface area contributed by atoms with Gasteiger partial charge >= 0.3 is 0 Å². The average molecular weight is 265 g/mol. The number of hydrogen-bond donors (Lipinski definition) is 0. The molecule has 0 N–H and O–H groups in total. The molecule has 0 bridgehead atoms. The molecule has 0 saturated carbocycles. The summed E-state index contributed by atoms with van der Waals surface area (Å²) in [7, 11) is 0. The predicted octanol–water partition coefficient (Wildman–Crippen LogP) is 3.46. The summed E-state index contributed by atoms with van der Waals surface area (Å²) in [5.74, 6) is 1.79. The van der Waals surface area contributed by atoms with Crippen molar-refractivity contribution in [2.45, 2.75) is 0 Å². The Balaban J connectivity index is 1.76. The summed E-state index contributed by atoms with van der Waals surface area (Å²) in [6.07, 6.45) is 3.31. The van der Waals surface area contributed by atoms with Crippen molar-refractivity contribution in [3.05, 3.63) is 67.0 Å². The highest BCUT2D eigenvalue weighted by atomic mass is 16.5. The second-order valence-corrected chi connectivity index (χ2v) is 3.85. The van der Waals surface area contributed by atoms with E-state index in [1.54, 1.807) is 42.7 Å². The van der Waals surface area contributed by atoms with Gasteiger partial charge in [0.05, 0.1) is 0 Å². The number of pyridine rings is 3. The van der Waals surface area contributed by atoms with Crippen molar-refractivity contribution in [3.63, 3.8) is 0 Å². The Hall–Kier alpha value is -2.95. The van der Waals surface area contributed by atoms with Crippen LogP contribution in [0.5, 0.6) is 23.5 Å². The second-order valence-electron chi connectivity index (χ2n) is 3.85. The molecule has 0 aromatic carbocycles. The van der Waals surface area contributed by atoms with Gasteiger partial charge in [0.2, 0.25) is 23.5 Å². The minimum Gasteiger partial charge on any atom is -0.421 e. The van der Waals surface area contributed by atoms with Crippen molar-refractivity contribution in [2.75, 3.05) is 0 Å². The zero-order valence-electron chi connectivity index (χ0n) is 10.5. The standard InChI is InChI=1S/C15H11N3O2/c1-3-10-16-12(6-1)19-14-8-5-9-15(18-14)20-13-7-2-4-11-17-13/h1-11H. The van der Waals surface area contributed by atoms with Crippen LogP contribution in [0.4, 0.5) is 0 Å². The normalized spacial score (nSPS) is 10.0. The Morgan fingerprint density at radius 3 is 1.50 bits per heavy atom. The maximum atomic E-state index is 5.53. The molecule has 0 spiro atoms. The van der Waals surface area contributed by atoms with Gasteiger partial charge in [0.25, 0.3) is 0 Å². The molecule has 0 atom stereocenters. The van der Waals surface area contributed by atoms with Crippen LogP contribution in [0.25, 0.3) is 0 Å². The van der Waals surface area contributed by atoms with Gasteiger partial charge in [-0.3, -0.25) is 0 Å². The molecule has 0 unspecified atom stereocenters. The minimum absolute atomic E-state index is 0.414. The summed E-state index contributed by atoms with van der Waals surface area (Å²) in [5.41, 5.74) is 0. The minimum atomic E-state index is 0.414. The number of hydrogen-bond acceptors (Lipinski definition) is 5. The first kappa shape index (κ1) is 12.1. The van der Waals surface area contributed by atoms with Crippen LogP contribution >= 0.6 is 0 Å². The predicted molar refractivity (Wildman–Crippen MR) is 72.9 cm³/mol. The Morgan fingerprint density at radius 2 is 1.05 bits per heavy atom. The average Bonchev–Trinajstić information content (AvgIpc) is 2.50. The SMILES string of the molecule is c1ccc(Oc2cccc(Oc3ccccn3)n2)nc1. The van der Waals surface area contributed by atoms with Crippen molar-refractivity contribution in [3.8, 4) is 23.5 Å². The lowest BCUT2D eigenvalue weighted by Gasteiger charge is -2.06. The van der Waals surface area contributed by atoms with Crippen LogP contribution in [0, 0.1) is 0 Å². The van der Waals surface area contributed by atoms with Gasteiger partial charge in [-0.2, -0.15) is 4.98 Å². The van der Waals surface area contributed by atoms with Gasteiger partial charge in [-0.1, -0.05) is 18.2 Å². The van der Waals surface area contributed by atoms with Gasteiger partial charge in [-0.15, -0.1) is 0 Å². The molecule has 0 fully saturated rings. The van der Waals surface area contributed by atoms with Crippen molar-refractivity contribution < 1.29 is 9.47 Å². The van der Waals surface area contributed by atoms with Crippen LogP contribution in [0.3, 0.4) is 0 Å². The lowest BCUT2D eigenvalue weighted by atomic mass is 10.4. The fourth-order valence-corrected chi connectivity index (χ4v) is 1.54. The zero-order chi connectivity index (χ0) is 13.6. The van der Waals surface area contributed by atoms with Crippen LogP contribution in [0.1, 0.15) is 0 Å². The molecular weight excluding hydrogens is 254 g/mol. The first-order valence-corrected chi connectivity index (χ1v) is 6.05. The molecule has 0 radical (unpaired) electrons. The summed E-state index contributed by atoms with van der Waals surface area (Å²) >= 11 is 0. The van der Waals surface area contributed by atoms with E-state index in [0.717, 1.165) is 0 Å². The van der Waals surface area contributed by atoms with Crippen molar-refractivity contribution in [1.82, 2.24) is 15.0 Å². The molecule has 5 heteroatoms. The number of aromatic nitrogens is 3. The highest BCUT2D eigenvalue weighted by molar-refractivity contribution is 5.26. The molecule has 0 aliphatic carbocycles. The zero-order valence-corrected chi connectivity index (χ0v) is 10.5. The van der Waals surface area contributed by atoms with E-state index in [1.165, 1.54) is 0 Å². The Bertz CT molecular complexity index is 618. The number of ether oxygens (including phenoxy) is 2. The first-order chi connectivity index (χ1) is 9.90. The molecule has 3 rings (SSSR count). The van der Waals surface area contributed by atoms with E-state index >= 15 is 0 Å². The third-order valence-corrected chi connectivity index (χ3v) is 2.39. The summed E-state index contributed by atoms with van der Waals surface area (Å²) in [5, 5.41) is 0. The van der Waals surface area contributed by atoms with E-state index in [4.69, 9.17) is 9.47 Å². The van der Waals surface area contributed by atoms with E-state index < -0.39 is 0 Å². The van der Waals surface area contributed by atoms with E-state index in [1.807, 2.05) is 24.3 Å². The maximum absolute atomic E-state index is 5.53. The molecule has 0 aliphatic rings. The van der Waals surface area contributed by atoms with Gasteiger partial charge in [-0.05, 0) is 12.1 Å². The highest BCUT2D eigenvalue weighted by Crippen LogP contribution is 2.22. The van der Waals surface area contributed by atoms with E-state index in [9.17, 15) is 0 Å². The number of rotatable bonds is 4. The molecule has 0 saturated heterocycles. The molecule has 3 heterocycles. The molecule has 3 aromatic heterocycles. The summed E-state index contributed by atoms with van der Waals surface area (Å²) in [6, 6.07) is 16.1. The Morgan fingerprint density at radius 1 is 0.550 bits per heavy atom. The van der Waals surface area contributed by atoms with Gasteiger partial charge < -0.3 is 9.47 Å². The Labute approximate surface area is 115 Å². The van der Waals surface area contributed by atoms with Crippen LogP contribution in [0.15, 0.2) is 67.0 Å². The van der Waals surface area contributed by atoms with Gasteiger partial charge in [0.1, 0.15) is 0 Å². The van der Waals surface area contributed by atoms with E-state index in [-0.39, 0.29) is 0 Å². The van der Waals surface area contributed by atoms with Crippen LogP contribution in [-0.2, 0) is 0 Å². The van der Waals surface area contributed by atoms with Crippen molar-refractivity contribution in [1.29, 1.82) is 0 Å². The van der Waals surface area contributed by atoms with Gasteiger partial charge in [0.15, 0.2) is 0 Å². The monoisotopic (exact) mass is 265 g/mol. The molecule has 0 amide bonds. The largest absolute Gasteiger partial charge is 0.421 e. The third kappa shape index (κ3) is 3.08. The van der Waals surface area contributed by atoms with Crippen LogP contribution in [-0.4, -0.2) is 15.0 Å². The molecular formula is C15H11N3O2. The molecule has 98 valence electrons. The fourth-order valence-electron chi connectivity index (χ4n) is 1.54. The van der Waals surface area contributed by atoms with Crippen LogP contribution in [0.2, 0.25) is 0 Å². The smallest absolute Gasteiger partial charge is 0.224 e. The number of nitrogens with zero attached hydrogens (tertiary/aromatic N) is 3. The topological polar surface area (TPSA) is 57.1 Å². The quantitative estimate of drug-likeness (QED) is 0.723. The Kier molecular flexibility index (Phi) is 3.51. The highest BCUT2D eigenvalue weighted by Gasteiger charge is 2.03. The van der Waals surface area contributed by atoms with Crippen molar-refractivity contribution in [2.24, 2.45) is 0 Å². The van der Waals surface area contributed by atoms with E-state index in [0.29, 0.717) is 23.5 Å². The summed E-state index contributed by atoms with van der Waals surface area (Å²) in [6.45, 7) is 0. The third-order valence-electron chi connectivity index (χ3n) is 2.39. The first-order valence-electron chi connectivity index (χ1n) is 6.05. The lowest BCUT2D eigenvalue weighted by Crippen LogP contribution is -1.93. The molecule has 3 aromatic rings. The second kappa shape index (κ2) is 5.79. The van der Waals surface area contributed by atoms with Crippen molar-refractivity contribution >= 4 is 0 Å². The summed E-state index contributed by atoms with van der Waals surface area (Å²) in [4.78, 5) is 12.4. The van der Waals surface area contributed by atoms with E-state index in [2.05, 4.69) is 15.0 Å². The van der Waals surface area contributed by atoms with Crippen LogP contribution < -0.4 is 9.47 Å². The fraction of sp³-hybridized carbons (Fsp3) is 0. The van der Waals surface area contributed by atoms with Gasteiger partial charge in [-0.25, -0.2) is 9.97 Å². The summed E-state index contributed by atoms with van der Waals surface area (Å²) < 4.78 is 11.1. The molecule has 0 aliphatic heterocycles. The molecule has 5 nitrogen and oxygen atoms in total. The lowest BCUT2D eigenvalue weighted by molar-refractivity contribution is 0.410. The molecule has 20 heavy (non-hydrogen) atoms. The maximum Gasteiger partial charge on any atom is 0.224 e.